The van der Waals surface area contributed by atoms with Gasteiger partial charge >= 0.3 is 0 Å². The summed E-state index contributed by atoms with van der Waals surface area (Å²) in [5.41, 5.74) is 19.7. The molecule has 6 aromatic rings. The Labute approximate surface area is 787 Å². The number of nitrogens with two attached hydrogens (primary N) is 3. The lowest BCUT2D eigenvalue weighted by Crippen LogP contribution is -2.61. The number of primary amides is 3. The molecule has 0 spiro atoms. The van der Waals surface area contributed by atoms with Gasteiger partial charge in [-0.1, -0.05) is 88.1 Å². The molecule has 2 bridgehead atoms. The van der Waals surface area contributed by atoms with Crippen LogP contribution in [0.1, 0.15) is 152 Å². The maximum absolute atomic E-state index is 15.9. The number of rotatable bonds is 22. The van der Waals surface area contributed by atoms with Gasteiger partial charge in [0.15, 0.2) is 0 Å². The number of nitrogens with one attached hydrogen (secondary N) is 15. The molecule has 23 N–H and O–H groups in total. The van der Waals surface area contributed by atoms with Crippen LogP contribution in [0.5, 0.6) is 5.75 Å². The number of aliphatic hydroxyl groups is 1. The van der Waals surface area contributed by atoms with E-state index in [1.807, 2.05) is 13.8 Å². The van der Waals surface area contributed by atoms with E-state index in [2.05, 4.69) is 83.7 Å². The second-order valence-electron chi connectivity index (χ2n) is 34.7. The van der Waals surface area contributed by atoms with Crippen LogP contribution in [0.15, 0.2) is 97.7 Å². The van der Waals surface area contributed by atoms with Crippen LogP contribution in [0.25, 0.3) is 21.8 Å². The molecule has 3 aromatic heterocycles. The molecule has 4 aliphatic heterocycles. The first-order chi connectivity index (χ1) is 65.0. The Morgan fingerprint density at radius 3 is 1.72 bits per heavy atom. The topological polar surface area (TPSA) is 660 Å². The normalized spacial score (nSPS) is 25.4. The summed E-state index contributed by atoms with van der Waals surface area (Å²) in [7, 11) is 2.72. The minimum atomic E-state index is -1.82. The summed E-state index contributed by atoms with van der Waals surface area (Å²) in [6, 6.07) is -2.84. The highest BCUT2D eigenvalue weighted by molar-refractivity contribution is 8.00. The van der Waals surface area contributed by atoms with Crippen molar-refractivity contribution >= 4 is 146 Å². The van der Waals surface area contributed by atoms with Crippen LogP contribution in [0.3, 0.4) is 0 Å². The molecule has 7 heterocycles. The fourth-order valence-corrected chi connectivity index (χ4v) is 17.9. The maximum Gasteiger partial charge on any atom is 0.246 e. The van der Waals surface area contributed by atoms with Gasteiger partial charge in [0.05, 0.1) is 31.1 Å². The number of imidazole rings is 1. The molecule has 734 valence electrons. The number of aliphatic hydroxyl groups excluding tert-OH is 1. The van der Waals surface area contributed by atoms with Crippen molar-refractivity contribution in [1.82, 2.24) is 103 Å². The summed E-state index contributed by atoms with van der Waals surface area (Å²) in [6.07, 6.45) is 1.34. The number of hydrogen-bond acceptors (Lipinski definition) is 23. The maximum atomic E-state index is 15.9. The smallest absolute Gasteiger partial charge is 0.246 e. The lowest BCUT2D eigenvalue weighted by atomic mass is 9.99. The average Bonchev–Trinajstić information content (AvgIpc) is 1.62. The summed E-state index contributed by atoms with van der Waals surface area (Å²) in [6.45, 7) is 3.29. The summed E-state index contributed by atoms with van der Waals surface area (Å²) < 4.78 is 0. The lowest BCUT2D eigenvalue weighted by Gasteiger charge is -2.36. The number of phenols is 1. The molecule has 44 nitrogen and oxygen atoms in total. The van der Waals surface area contributed by atoms with Crippen molar-refractivity contribution in [3.05, 3.63) is 120 Å². The molecule has 0 unspecified atom stereocenters. The number of phenolic OH excluding ortho intramolecular Hbond substituents is 1. The molecule has 0 saturated carbocycles. The van der Waals surface area contributed by atoms with Crippen LogP contribution in [-0.2, 0) is 117 Å². The summed E-state index contributed by atoms with van der Waals surface area (Å²) in [4.78, 5) is 296. The minimum Gasteiger partial charge on any atom is -0.508 e. The number of nitrogens with zero attached hydrogens (tertiary/aromatic N) is 5. The Kier molecular flexibility index (Phi) is 38.1. The van der Waals surface area contributed by atoms with E-state index < -0.39 is 266 Å². The second-order valence-corrected chi connectivity index (χ2v) is 35.7. The fourth-order valence-electron chi connectivity index (χ4n) is 17.0. The molecule has 15 atom stereocenters. The van der Waals surface area contributed by atoms with Crippen LogP contribution in [-0.4, -0.2) is 304 Å². The number of hydrogen-bond donors (Lipinski definition) is 20. The fraction of sp³-hybridized carbons (Fsp3) is 0.516. The van der Waals surface area contributed by atoms with E-state index in [-0.39, 0.29) is 95.2 Å². The van der Waals surface area contributed by atoms with Gasteiger partial charge in [-0.3, -0.25) is 91.1 Å². The monoisotopic (exact) mass is 1910 g/mol. The number of unbranched alkanes of at least 4 members (excludes halogenated alkanes) is 2. The van der Waals surface area contributed by atoms with Gasteiger partial charge in [0.1, 0.15) is 90.3 Å². The van der Waals surface area contributed by atoms with E-state index >= 15 is 43.2 Å². The molecule has 0 radical (unpaired) electrons. The summed E-state index contributed by atoms with van der Waals surface area (Å²) in [5.74, 6) is -19.5. The van der Waals surface area contributed by atoms with Crippen molar-refractivity contribution in [2.45, 2.75) is 246 Å². The highest BCUT2D eigenvalue weighted by Gasteiger charge is 2.47. The van der Waals surface area contributed by atoms with Crippen molar-refractivity contribution in [3.8, 4) is 5.75 Å². The van der Waals surface area contributed by atoms with E-state index in [9.17, 15) is 58.2 Å². The molecule has 45 heteroatoms. The predicted molar refractivity (Wildman–Crippen MR) is 494 cm³/mol. The van der Waals surface area contributed by atoms with Crippen molar-refractivity contribution in [1.29, 1.82) is 0 Å². The summed E-state index contributed by atoms with van der Waals surface area (Å²) >= 11 is 0.731. The van der Waals surface area contributed by atoms with Gasteiger partial charge in [0, 0.05) is 131 Å². The molecule has 0 aliphatic carbocycles. The van der Waals surface area contributed by atoms with Crippen LogP contribution in [0.4, 0.5) is 0 Å². The Morgan fingerprint density at radius 2 is 1.08 bits per heavy atom. The van der Waals surface area contributed by atoms with Gasteiger partial charge in [-0.2, -0.15) is 0 Å². The number of fused-ring (bicyclic) bond motifs is 13. The molecule has 136 heavy (non-hydrogen) atoms. The number of amides is 19. The number of benzene rings is 3. The lowest BCUT2D eigenvalue weighted by molar-refractivity contribution is -0.149. The third kappa shape index (κ3) is 29.0. The molecule has 19 amide bonds. The van der Waals surface area contributed by atoms with Crippen molar-refractivity contribution in [2.75, 3.05) is 51.8 Å². The molecule has 3 aromatic carbocycles. The SMILES string of the molecule is CCCC[C@H]1C(=O)N(C)[C@@H](CCCC)C(=O)N[C@H]2CCC(=O)NCCCC[C@H](NC(=O)[C@H](Cc3c[nH]c4ccccc34)NC(=O)[C@@H]3C[C@@H](O)CN3C(=O)[C@H](CCC(N)=O)NC(=O)[C@H](Cc3cnc[nH]3)NC(=O)[C@@H]3CCCN3C(=O)[C@H](CC(N)=O)NC(=O)[C@@H](C)NC(=O)[C@H](Cc3ccc(O)cc3)NC(=O)CSC[C@@H](C(=O)NCC(N)=O)NC2=O)C(=O)N[C@@H](Cc2c[nH]c3ccccc23)C(=O)N1C. The highest BCUT2D eigenvalue weighted by Crippen LogP contribution is 2.28. The Bertz CT molecular complexity index is 5320. The minimum absolute atomic E-state index is 0.00722. The van der Waals surface area contributed by atoms with Gasteiger partial charge in [-0.25, -0.2) is 4.98 Å². The number of aromatic amines is 3. The number of carbonyl (C=O) groups excluding carboxylic acids is 19. The van der Waals surface area contributed by atoms with Crippen molar-refractivity contribution < 1.29 is 101 Å². The average molecular weight is 1910 g/mol. The van der Waals surface area contributed by atoms with Gasteiger partial charge in [0.25, 0.3) is 0 Å². The second kappa shape index (κ2) is 49.8. The number of H-pyrrole nitrogens is 3. The van der Waals surface area contributed by atoms with Crippen molar-refractivity contribution in [3.63, 3.8) is 0 Å². The largest absolute Gasteiger partial charge is 0.508 e. The third-order valence-electron chi connectivity index (χ3n) is 24.5. The third-order valence-corrected chi connectivity index (χ3v) is 25.5. The first-order valence-electron chi connectivity index (χ1n) is 45.7. The van der Waals surface area contributed by atoms with Crippen LogP contribution >= 0.6 is 11.8 Å². The van der Waals surface area contributed by atoms with Gasteiger partial charge < -0.3 is 126 Å². The van der Waals surface area contributed by atoms with Gasteiger partial charge in [-0.15, -0.1) is 11.8 Å². The number of aromatic nitrogens is 4. The molecule has 10 rings (SSSR count). The number of para-hydroxylation sites is 2. The Hall–Kier alpha value is -14.0. The number of aromatic hydroxyl groups is 1. The van der Waals surface area contributed by atoms with E-state index in [1.54, 1.807) is 60.9 Å². The number of likely N-dealkylation sites (N-methyl/N-ethyl adjacent to an activating group) is 2. The van der Waals surface area contributed by atoms with Crippen LogP contribution in [0, 0.1) is 0 Å². The number of thioether (sulfide) groups is 1. The standard InChI is InChI=1S/C91H123N23O21S/c1-6-8-22-69-85(129)104-61-30-32-76(120)96-33-15-14-21-60(80(124)109-66(37-52-42-98-59-20-13-11-18-57(52)59)88(132)112(5)71(23-9-7-2)91(135)111(69)4)103-83(127)64(36-51-41-97-58-19-12-10-17-56(51)58)106-87(131)72-39-55(116)45-114(72)89(133)62(29-31-73(92)117)105-84(128)65(38-53-43-95-48-100-53)107-86(130)70-24-16-34-113(70)90(134)67(40-74(93)118)108-78(122)49(3)101-82(126)63(35-50-25-27-54(115)28-26-50)102-77(121)47-136-46-68(110-81(61)125)79(123)99-44-75(94)119/h10-13,17-20,25-28,41-43,48-49,55,60-72,97-98,115-116H,6-9,14-16,21-24,29-40,44-47H2,1-5H3,(H2,92,117)(H2,93,118)(H2,94,119)(H,95,100)(H,96,120)(H,99,123)(H,101,126)(H,102,121)(H,103,127)(H,104,129)(H,105,128)(H,106,131)(H,107,130)(H,108,122)(H,109,124)(H,110,125)/t49-,55-,60+,61+,62+,63+,64+,65+,66+,67+,68+,69+,70+,71+,72+/m1/s1. The zero-order chi connectivity index (χ0) is 98.6. The van der Waals surface area contributed by atoms with E-state index in [0.29, 0.717) is 64.2 Å². The highest BCUT2D eigenvalue weighted by atomic mass is 32.2. The quantitative estimate of drug-likeness (QED) is 0.0318. The zero-order valence-corrected chi connectivity index (χ0v) is 77.3. The number of carbonyl (C=O) groups is 19. The Morgan fingerprint density at radius 1 is 0.515 bits per heavy atom. The van der Waals surface area contributed by atoms with Gasteiger partial charge in [-0.05, 0) is 106 Å². The summed E-state index contributed by atoms with van der Waals surface area (Å²) in [5, 5.41) is 54.8. The molecule has 4 saturated heterocycles. The van der Waals surface area contributed by atoms with E-state index in [0.717, 1.165) is 26.5 Å². The van der Waals surface area contributed by atoms with Crippen molar-refractivity contribution in [2.24, 2.45) is 17.2 Å². The molecular formula is C91H123N23O21S. The van der Waals surface area contributed by atoms with Crippen LogP contribution in [0.2, 0.25) is 0 Å². The van der Waals surface area contributed by atoms with Crippen LogP contribution < -0.4 is 81.0 Å². The van der Waals surface area contributed by atoms with Gasteiger partial charge in [0.2, 0.25) is 112 Å². The Balaban J connectivity index is 1.06. The predicted octanol–water partition coefficient (Wildman–Crippen LogP) is -3.23. The molecule has 4 aliphatic rings. The van der Waals surface area contributed by atoms with E-state index in [4.69, 9.17) is 17.2 Å². The van der Waals surface area contributed by atoms with E-state index in [1.165, 1.54) is 62.7 Å². The molecular weight excluding hydrogens is 1780 g/mol. The molecule has 4 fully saturated rings. The first kappa shape index (κ1) is 104. The zero-order valence-electron chi connectivity index (χ0n) is 76.5. The first-order valence-corrected chi connectivity index (χ1v) is 46.8.